The smallest absolute Gasteiger partial charge is 0.179 e. The second-order valence-electron chi connectivity index (χ2n) is 5.81. The first kappa shape index (κ1) is 17.7. The van der Waals surface area contributed by atoms with Crippen molar-refractivity contribution in [1.29, 1.82) is 0 Å². The monoisotopic (exact) mass is 362 g/mol. The lowest BCUT2D eigenvalue weighted by molar-refractivity contribution is 0.122. The van der Waals surface area contributed by atoms with Gasteiger partial charge in [0.05, 0.1) is 32.5 Å². The summed E-state index contributed by atoms with van der Waals surface area (Å²) in [5, 5.41) is 3.95. The van der Waals surface area contributed by atoms with Crippen LogP contribution in [0.25, 0.3) is 0 Å². The van der Waals surface area contributed by atoms with Crippen LogP contribution in [0.2, 0.25) is 5.02 Å². The molecule has 0 bridgehead atoms. The Bertz CT molecular complexity index is 701. The van der Waals surface area contributed by atoms with E-state index in [-0.39, 0.29) is 0 Å². The summed E-state index contributed by atoms with van der Waals surface area (Å²) in [4.78, 5) is 2.33. The lowest BCUT2D eigenvalue weighted by Gasteiger charge is -2.29. The molecule has 6 heteroatoms. The van der Waals surface area contributed by atoms with Gasteiger partial charge in [0.15, 0.2) is 11.5 Å². The highest BCUT2D eigenvalue weighted by atomic mass is 35.5. The summed E-state index contributed by atoms with van der Waals surface area (Å²) in [7, 11) is 3.19. The Hall–Kier alpha value is -2.11. The number of methoxy groups -OCH3 is 2. The van der Waals surface area contributed by atoms with Gasteiger partial charge in [0, 0.05) is 31.0 Å². The van der Waals surface area contributed by atoms with E-state index >= 15 is 0 Å². The number of rotatable bonds is 6. The Morgan fingerprint density at radius 2 is 1.80 bits per heavy atom. The maximum Gasteiger partial charge on any atom is 0.179 e. The third kappa shape index (κ3) is 4.30. The molecule has 1 aliphatic rings. The van der Waals surface area contributed by atoms with Gasteiger partial charge in [-0.15, -0.1) is 0 Å². The lowest BCUT2D eigenvalue weighted by atomic mass is 10.2. The van der Waals surface area contributed by atoms with Gasteiger partial charge in [0.1, 0.15) is 0 Å². The number of hydrogen-bond acceptors (Lipinski definition) is 5. The second kappa shape index (κ2) is 8.32. The molecule has 5 nitrogen and oxygen atoms in total. The molecule has 1 heterocycles. The maximum absolute atomic E-state index is 6.25. The van der Waals surface area contributed by atoms with Crippen LogP contribution in [0.4, 0.5) is 11.4 Å². The Morgan fingerprint density at radius 1 is 1.08 bits per heavy atom. The van der Waals surface area contributed by atoms with Gasteiger partial charge >= 0.3 is 0 Å². The quantitative estimate of drug-likeness (QED) is 0.846. The van der Waals surface area contributed by atoms with E-state index in [1.54, 1.807) is 14.2 Å². The first-order valence-corrected chi connectivity index (χ1v) is 8.66. The normalized spacial score (nSPS) is 14.3. The van der Waals surface area contributed by atoms with Crippen LogP contribution in [0.15, 0.2) is 36.4 Å². The predicted octanol–water partition coefficient (Wildman–Crippen LogP) is 3.81. The average molecular weight is 363 g/mol. The number of nitrogens with one attached hydrogen (secondary N) is 1. The van der Waals surface area contributed by atoms with Gasteiger partial charge in [0.25, 0.3) is 0 Å². The molecule has 1 fully saturated rings. The molecular formula is C19H23ClN2O3. The number of nitrogens with zero attached hydrogens (tertiary/aromatic N) is 1. The molecule has 0 atom stereocenters. The summed E-state index contributed by atoms with van der Waals surface area (Å²) in [6.07, 6.45) is 0. The van der Waals surface area contributed by atoms with Crippen molar-refractivity contribution in [3.05, 3.63) is 47.0 Å². The highest BCUT2D eigenvalue weighted by Crippen LogP contribution is 2.36. The van der Waals surface area contributed by atoms with Crippen molar-refractivity contribution >= 4 is 23.0 Å². The number of halogens is 1. The van der Waals surface area contributed by atoms with Crippen LogP contribution in [0.3, 0.4) is 0 Å². The molecule has 0 spiro atoms. The Kier molecular flexibility index (Phi) is 5.89. The standard InChI is InChI=1S/C19H23ClN2O3/c1-23-18-12-14(11-17(20)19(18)24-2)13-21-15-3-5-16(6-4-15)22-7-9-25-10-8-22/h3-6,11-12,21H,7-10,13H2,1-2H3. The molecule has 0 saturated carbocycles. The molecular weight excluding hydrogens is 340 g/mol. The van der Waals surface area contributed by atoms with E-state index in [1.165, 1.54) is 5.69 Å². The Labute approximate surface area is 153 Å². The van der Waals surface area contributed by atoms with Gasteiger partial charge in [-0.3, -0.25) is 0 Å². The van der Waals surface area contributed by atoms with Gasteiger partial charge in [-0.1, -0.05) is 11.6 Å². The summed E-state index contributed by atoms with van der Waals surface area (Å²) in [5.41, 5.74) is 3.31. The van der Waals surface area contributed by atoms with Crippen LogP contribution in [0, 0.1) is 0 Å². The molecule has 0 unspecified atom stereocenters. The van der Waals surface area contributed by atoms with Crippen LogP contribution < -0.4 is 19.7 Å². The van der Waals surface area contributed by atoms with Crippen LogP contribution >= 0.6 is 11.6 Å². The van der Waals surface area contributed by atoms with E-state index < -0.39 is 0 Å². The van der Waals surface area contributed by atoms with Gasteiger partial charge < -0.3 is 24.4 Å². The average Bonchev–Trinajstić information content (AvgIpc) is 2.67. The number of anilines is 2. The molecule has 134 valence electrons. The van der Waals surface area contributed by atoms with E-state index in [2.05, 4.69) is 34.5 Å². The zero-order valence-electron chi connectivity index (χ0n) is 14.5. The van der Waals surface area contributed by atoms with Crippen LogP contribution in [-0.2, 0) is 11.3 Å². The van der Waals surface area contributed by atoms with Crippen LogP contribution in [0.1, 0.15) is 5.56 Å². The molecule has 0 aromatic heterocycles. The predicted molar refractivity (Wildman–Crippen MR) is 101 cm³/mol. The third-order valence-electron chi connectivity index (χ3n) is 4.23. The fourth-order valence-electron chi connectivity index (χ4n) is 2.89. The summed E-state index contributed by atoms with van der Waals surface area (Å²) >= 11 is 6.25. The van der Waals surface area contributed by atoms with Crippen LogP contribution in [-0.4, -0.2) is 40.5 Å². The van der Waals surface area contributed by atoms with Crippen molar-refractivity contribution in [2.75, 3.05) is 50.7 Å². The number of ether oxygens (including phenoxy) is 3. The minimum atomic E-state index is 0.543. The van der Waals surface area contributed by atoms with Gasteiger partial charge in [0.2, 0.25) is 0 Å². The topological polar surface area (TPSA) is 43.0 Å². The maximum atomic E-state index is 6.25. The molecule has 2 aromatic rings. The van der Waals surface area contributed by atoms with E-state index in [1.807, 2.05) is 12.1 Å². The minimum absolute atomic E-state index is 0.543. The van der Waals surface area contributed by atoms with Crippen molar-refractivity contribution in [3.63, 3.8) is 0 Å². The van der Waals surface area contributed by atoms with E-state index in [0.29, 0.717) is 23.1 Å². The van der Waals surface area contributed by atoms with Crippen molar-refractivity contribution < 1.29 is 14.2 Å². The Balaban J connectivity index is 1.64. The second-order valence-corrected chi connectivity index (χ2v) is 6.22. The molecule has 0 amide bonds. The molecule has 2 aromatic carbocycles. The molecule has 1 aliphatic heterocycles. The minimum Gasteiger partial charge on any atom is -0.493 e. The van der Waals surface area contributed by atoms with E-state index in [9.17, 15) is 0 Å². The largest absolute Gasteiger partial charge is 0.493 e. The SMILES string of the molecule is COc1cc(CNc2ccc(N3CCOCC3)cc2)cc(Cl)c1OC. The highest BCUT2D eigenvalue weighted by Gasteiger charge is 2.12. The van der Waals surface area contributed by atoms with Gasteiger partial charge in [-0.05, 0) is 42.0 Å². The number of hydrogen-bond donors (Lipinski definition) is 1. The molecule has 1 N–H and O–H groups in total. The van der Waals surface area contributed by atoms with Gasteiger partial charge in [-0.25, -0.2) is 0 Å². The Morgan fingerprint density at radius 3 is 2.44 bits per heavy atom. The van der Waals surface area contributed by atoms with E-state index in [4.69, 9.17) is 25.8 Å². The molecule has 0 radical (unpaired) electrons. The number of morpholine rings is 1. The summed E-state index contributed by atoms with van der Waals surface area (Å²) < 4.78 is 16.0. The van der Waals surface area contributed by atoms with Crippen molar-refractivity contribution in [1.82, 2.24) is 0 Å². The van der Waals surface area contributed by atoms with Crippen molar-refractivity contribution in [2.45, 2.75) is 6.54 Å². The lowest BCUT2D eigenvalue weighted by Crippen LogP contribution is -2.36. The zero-order valence-corrected chi connectivity index (χ0v) is 15.3. The first-order chi connectivity index (χ1) is 12.2. The molecule has 3 rings (SSSR count). The highest BCUT2D eigenvalue weighted by molar-refractivity contribution is 6.32. The molecule has 1 saturated heterocycles. The van der Waals surface area contributed by atoms with Crippen molar-refractivity contribution in [3.8, 4) is 11.5 Å². The number of benzene rings is 2. The molecule has 25 heavy (non-hydrogen) atoms. The third-order valence-corrected chi connectivity index (χ3v) is 4.51. The fraction of sp³-hybridized carbons (Fsp3) is 0.368. The van der Waals surface area contributed by atoms with Crippen LogP contribution in [0.5, 0.6) is 11.5 Å². The fourth-order valence-corrected chi connectivity index (χ4v) is 3.20. The summed E-state index contributed by atoms with van der Waals surface area (Å²) in [6, 6.07) is 12.3. The first-order valence-electron chi connectivity index (χ1n) is 8.28. The summed E-state index contributed by atoms with van der Waals surface area (Å²) in [6.45, 7) is 4.12. The summed E-state index contributed by atoms with van der Waals surface area (Å²) in [5.74, 6) is 1.19. The van der Waals surface area contributed by atoms with Crippen molar-refractivity contribution in [2.24, 2.45) is 0 Å². The van der Waals surface area contributed by atoms with E-state index in [0.717, 1.165) is 37.6 Å². The molecule has 0 aliphatic carbocycles. The van der Waals surface area contributed by atoms with Gasteiger partial charge in [-0.2, -0.15) is 0 Å². The zero-order chi connectivity index (χ0) is 17.6.